The number of hydrogen-bond acceptors (Lipinski definition) is 0. The van der Waals surface area contributed by atoms with Crippen LogP contribution in [0.2, 0.25) is 0 Å². The topological polar surface area (TPSA) is 0 Å². The molecule has 0 bridgehead atoms. The molecule has 0 nitrogen and oxygen atoms in total. The molecule has 1 heteroatoms. The van der Waals surface area contributed by atoms with Crippen LogP contribution < -0.4 is 0 Å². The Bertz CT molecular complexity index is 106. The molecule has 0 aromatic carbocycles. The summed E-state index contributed by atoms with van der Waals surface area (Å²) in [5.41, 5.74) is 0.503. The molecule has 0 radical (unpaired) electrons. The molecule has 0 N–H and O–H groups in total. The summed E-state index contributed by atoms with van der Waals surface area (Å²) < 4.78 is 12.8. The van der Waals surface area contributed by atoms with Gasteiger partial charge in [-0.1, -0.05) is 26.7 Å². The molecule has 11 heavy (non-hydrogen) atoms. The lowest BCUT2D eigenvalue weighted by atomic mass is 9.70. The zero-order valence-corrected chi connectivity index (χ0v) is 7.70. The van der Waals surface area contributed by atoms with E-state index in [1.54, 1.807) is 0 Å². The van der Waals surface area contributed by atoms with Crippen LogP contribution >= 0.6 is 0 Å². The van der Waals surface area contributed by atoms with E-state index in [2.05, 4.69) is 13.8 Å². The molecule has 1 saturated carbocycles. The Kier molecular flexibility index (Phi) is 2.91. The first kappa shape index (κ1) is 9.02. The van der Waals surface area contributed by atoms with Crippen LogP contribution in [0, 0.1) is 5.41 Å². The fourth-order valence-corrected chi connectivity index (χ4v) is 2.15. The summed E-state index contributed by atoms with van der Waals surface area (Å²) in [5.74, 6) is 0. The van der Waals surface area contributed by atoms with Crippen molar-refractivity contribution in [2.45, 2.75) is 58.5 Å². The van der Waals surface area contributed by atoms with Crippen LogP contribution in [-0.4, -0.2) is 6.17 Å². The van der Waals surface area contributed by atoms with Gasteiger partial charge in [-0.05, 0) is 31.1 Å². The van der Waals surface area contributed by atoms with E-state index in [-0.39, 0.29) is 0 Å². The first-order valence-corrected chi connectivity index (χ1v) is 4.86. The molecule has 0 heterocycles. The highest BCUT2D eigenvalue weighted by atomic mass is 19.1. The fraction of sp³-hybridized carbons (Fsp3) is 1.00. The minimum atomic E-state index is -0.499. The van der Waals surface area contributed by atoms with Crippen LogP contribution in [0.4, 0.5) is 4.39 Å². The molecule has 66 valence electrons. The van der Waals surface area contributed by atoms with Crippen molar-refractivity contribution in [1.82, 2.24) is 0 Å². The van der Waals surface area contributed by atoms with Gasteiger partial charge in [-0.3, -0.25) is 0 Å². The average molecular weight is 158 g/mol. The molecule has 1 rings (SSSR count). The van der Waals surface area contributed by atoms with E-state index in [1.165, 1.54) is 12.8 Å². The molecule has 0 aromatic heterocycles. The van der Waals surface area contributed by atoms with Gasteiger partial charge in [0.1, 0.15) is 6.17 Å². The second kappa shape index (κ2) is 3.55. The smallest absolute Gasteiger partial charge is 0.100 e. The van der Waals surface area contributed by atoms with E-state index in [0.29, 0.717) is 5.41 Å². The van der Waals surface area contributed by atoms with Gasteiger partial charge in [-0.25, -0.2) is 4.39 Å². The maximum absolute atomic E-state index is 12.8. The lowest BCUT2D eigenvalue weighted by Crippen LogP contribution is -2.26. The van der Waals surface area contributed by atoms with Gasteiger partial charge in [0.25, 0.3) is 0 Å². The number of halogens is 1. The van der Waals surface area contributed by atoms with Crippen LogP contribution in [0.3, 0.4) is 0 Å². The molecule has 0 aliphatic heterocycles. The lowest BCUT2D eigenvalue weighted by molar-refractivity contribution is 0.112. The first-order valence-electron chi connectivity index (χ1n) is 4.86. The molecule has 0 amide bonds. The van der Waals surface area contributed by atoms with Crippen molar-refractivity contribution < 1.29 is 4.39 Å². The molecule has 0 atom stereocenters. The molecule has 1 aliphatic carbocycles. The van der Waals surface area contributed by atoms with Crippen LogP contribution in [-0.2, 0) is 0 Å². The van der Waals surface area contributed by atoms with Gasteiger partial charge in [0, 0.05) is 0 Å². The van der Waals surface area contributed by atoms with E-state index in [1.807, 2.05) is 0 Å². The third-order valence-corrected chi connectivity index (χ3v) is 3.48. The van der Waals surface area contributed by atoms with Crippen molar-refractivity contribution >= 4 is 0 Å². The zero-order valence-electron chi connectivity index (χ0n) is 7.70. The highest BCUT2D eigenvalue weighted by Gasteiger charge is 2.31. The molecule has 1 aliphatic rings. The second-order valence-electron chi connectivity index (χ2n) is 3.88. The van der Waals surface area contributed by atoms with E-state index in [4.69, 9.17) is 0 Å². The van der Waals surface area contributed by atoms with Crippen LogP contribution in [0.5, 0.6) is 0 Å². The summed E-state index contributed by atoms with van der Waals surface area (Å²) in [5, 5.41) is 0. The third-order valence-electron chi connectivity index (χ3n) is 3.48. The van der Waals surface area contributed by atoms with Gasteiger partial charge in [0.2, 0.25) is 0 Å². The Hall–Kier alpha value is -0.0700. The first-order chi connectivity index (χ1) is 5.22. The van der Waals surface area contributed by atoms with Crippen LogP contribution in [0.15, 0.2) is 0 Å². The predicted octanol–water partition coefficient (Wildman–Crippen LogP) is 3.70. The van der Waals surface area contributed by atoms with Gasteiger partial charge in [0.15, 0.2) is 0 Å². The summed E-state index contributed by atoms with van der Waals surface area (Å²) in [6, 6.07) is 0. The molecule has 0 saturated heterocycles. The Balaban J connectivity index is 2.45. The Morgan fingerprint density at radius 3 is 2.00 bits per heavy atom. The Labute approximate surface area is 69.2 Å². The SMILES string of the molecule is CCC1(CC)CCC(F)CC1. The predicted molar refractivity (Wildman–Crippen MR) is 46.4 cm³/mol. The second-order valence-corrected chi connectivity index (χ2v) is 3.88. The minimum absolute atomic E-state index is 0.499. The summed E-state index contributed by atoms with van der Waals surface area (Å²) in [4.78, 5) is 0. The highest BCUT2D eigenvalue weighted by molar-refractivity contribution is 4.83. The van der Waals surface area contributed by atoms with Crippen molar-refractivity contribution in [3.05, 3.63) is 0 Å². The van der Waals surface area contributed by atoms with Crippen molar-refractivity contribution in [2.75, 3.05) is 0 Å². The monoisotopic (exact) mass is 158 g/mol. The maximum Gasteiger partial charge on any atom is 0.100 e. The molecule has 0 unspecified atom stereocenters. The van der Waals surface area contributed by atoms with Gasteiger partial charge >= 0.3 is 0 Å². The number of rotatable bonds is 2. The number of hydrogen-bond donors (Lipinski definition) is 0. The van der Waals surface area contributed by atoms with Crippen LogP contribution in [0.1, 0.15) is 52.4 Å². The number of alkyl halides is 1. The summed E-state index contributed by atoms with van der Waals surface area (Å²) >= 11 is 0. The van der Waals surface area contributed by atoms with Crippen molar-refractivity contribution in [1.29, 1.82) is 0 Å². The van der Waals surface area contributed by atoms with Gasteiger partial charge in [-0.15, -0.1) is 0 Å². The zero-order chi connectivity index (χ0) is 8.32. The lowest BCUT2D eigenvalue weighted by Gasteiger charge is -2.36. The van der Waals surface area contributed by atoms with E-state index < -0.39 is 6.17 Å². The van der Waals surface area contributed by atoms with E-state index in [0.717, 1.165) is 25.7 Å². The van der Waals surface area contributed by atoms with Gasteiger partial charge in [0.05, 0.1) is 0 Å². The molecule has 0 aromatic rings. The molecule has 1 fully saturated rings. The van der Waals surface area contributed by atoms with Crippen molar-refractivity contribution in [3.8, 4) is 0 Å². The quantitative estimate of drug-likeness (QED) is 0.574. The summed E-state index contributed by atoms with van der Waals surface area (Å²) in [6.07, 6.45) is 5.80. The van der Waals surface area contributed by atoms with E-state index in [9.17, 15) is 4.39 Å². The molecule has 0 spiro atoms. The molecular formula is C10H19F. The third kappa shape index (κ3) is 1.94. The summed E-state index contributed by atoms with van der Waals surface area (Å²) in [7, 11) is 0. The average Bonchev–Trinajstić information content (AvgIpc) is 2.07. The van der Waals surface area contributed by atoms with Crippen molar-refractivity contribution in [3.63, 3.8) is 0 Å². The Morgan fingerprint density at radius 1 is 1.18 bits per heavy atom. The Morgan fingerprint density at radius 2 is 1.64 bits per heavy atom. The minimum Gasteiger partial charge on any atom is -0.247 e. The highest BCUT2D eigenvalue weighted by Crippen LogP contribution is 2.42. The standard InChI is InChI=1S/C10H19F/c1-3-10(4-2)7-5-9(11)6-8-10/h9H,3-8H2,1-2H3. The van der Waals surface area contributed by atoms with Gasteiger partial charge in [-0.2, -0.15) is 0 Å². The largest absolute Gasteiger partial charge is 0.247 e. The normalized spacial score (nSPS) is 25.4. The molecular weight excluding hydrogens is 139 g/mol. The maximum atomic E-state index is 12.8. The van der Waals surface area contributed by atoms with Gasteiger partial charge < -0.3 is 0 Å². The van der Waals surface area contributed by atoms with Crippen molar-refractivity contribution in [2.24, 2.45) is 5.41 Å². The van der Waals surface area contributed by atoms with E-state index >= 15 is 0 Å². The van der Waals surface area contributed by atoms with Crippen LogP contribution in [0.25, 0.3) is 0 Å². The summed E-state index contributed by atoms with van der Waals surface area (Å²) in [6.45, 7) is 4.48. The fourth-order valence-electron chi connectivity index (χ4n) is 2.15.